The molecule has 0 spiro atoms. The lowest BCUT2D eigenvalue weighted by Crippen LogP contribution is -2.57. The normalized spacial score (nSPS) is 24.4. The maximum absolute atomic E-state index is 14.0. The number of methoxy groups -OCH3 is 2. The predicted octanol–water partition coefficient (Wildman–Crippen LogP) is 2.58. The van der Waals surface area contributed by atoms with Crippen LogP contribution in [0.5, 0.6) is 11.5 Å². The lowest BCUT2D eigenvalue weighted by atomic mass is 10.1. The van der Waals surface area contributed by atoms with E-state index in [1.165, 1.54) is 25.2 Å². The number of hydrogen-bond donors (Lipinski definition) is 1. The van der Waals surface area contributed by atoms with Gasteiger partial charge in [0.1, 0.15) is 12.6 Å². The second-order valence-corrected chi connectivity index (χ2v) is 9.54. The monoisotopic (exact) mass is 547 g/mol. The second-order valence-electron chi connectivity index (χ2n) is 9.54. The van der Waals surface area contributed by atoms with Crippen LogP contribution in [-0.2, 0) is 23.7 Å². The molecule has 0 aliphatic carbocycles. The highest BCUT2D eigenvalue weighted by atomic mass is 16.7. The molecule has 12 nitrogen and oxygen atoms in total. The molecule has 3 amide bonds. The lowest BCUT2D eigenvalue weighted by Gasteiger charge is -2.39. The fraction of sp³-hybridized carbons (Fsp3) is 0.593. The van der Waals surface area contributed by atoms with Crippen LogP contribution >= 0.6 is 0 Å². The van der Waals surface area contributed by atoms with Crippen molar-refractivity contribution in [2.45, 2.75) is 63.2 Å². The molecule has 3 heterocycles. The molecule has 0 saturated carbocycles. The maximum atomic E-state index is 14.0. The van der Waals surface area contributed by atoms with Gasteiger partial charge >= 0.3 is 6.09 Å². The molecule has 2 saturated heterocycles. The Kier molecular flexibility index (Phi) is 9.65. The van der Waals surface area contributed by atoms with E-state index >= 15 is 0 Å². The minimum atomic E-state index is -1.00. The van der Waals surface area contributed by atoms with Crippen molar-refractivity contribution in [2.75, 3.05) is 45.5 Å². The Morgan fingerprint density at radius 1 is 1.18 bits per heavy atom. The van der Waals surface area contributed by atoms with E-state index < -0.39 is 36.7 Å². The highest BCUT2D eigenvalue weighted by Crippen LogP contribution is 2.43. The highest BCUT2D eigenvalue weighted by molar-refractivity contribution is 6.06. The SMILES string of the molecule is C=CCOC(=O)N1c2cc(OC)c(OC)cc2C(=O)N2CC[C@H](OCCCC(N)=O)[C@H]2C1OC1CCCCO1. The number of carbonyl (C=O) groups is 3. The summed E-state index contributed by atoms with van der Waals surface area (Å²) in [7, 11) is 2.95. The Bertz CT molecular complexity index is 1060. The van der Waals surface area contributed by atoms with Gasteiger partial charge in [0.2, 0.25) is 5.91 Å². The van der Waals surface area contributed by atoms with Gasteiger partial charge in [0.05, 0.1) is 31.6 Å². The molecular weight excluding hydrogens is 510 g/mol. The van der Waals surface area contributed by atoms with Crippen molar-refractivity contribution in [3.05, 3.63) is 30.4 Å². The molecular formula is C27H37N3O9. The summed E-state index contributed by atoms with van der Waals surface area (Å²) in [5.74, 6) is -0.0497. The van der Waals surface area contributed by atoms with Crippen LogP contribution in [0.4, 0.5) is 10.5 Å². The van der Waals surface area contributed by atoms with Gasteiger partial charge in [-0.1, -0.05) is 12.7 Å². The molecule has 3 aliphatic heterocycles. The van der Waals surface area contributed by atoms with E-state index in [1.807, 2.05) is 0 Å². The summed E-state index contributed by atoms with van der Waals surface area (Å²) < 4.78 is 35.0. The van der Waals surface area contributed by atoms with Crippen molar-refractivity contribution in [2.24, 2.45) is 5.73 Å². The van der Waals surface area contributed by atoms with Crippen LogP contribution in [0.25, 0.3) is 0 Å². The Hall–Kier alpha value is -3.35. The first-order valence-corrected chi connectivity index (χ1v) is 13.2. The van der Waals surface area contributed by atoms with Crippen molar-refractivity contribution in [3.8, 4) is 11.5 Å². The molecule has 0 aromatic heterocycles. The Balaban J connectivity index is 1.80. The van der Waals surface area contributed by atoms with Crippen LogP contribution in [0.1, 0.15) is 48.9 Å². The fourth-order valence-corrected chi connectivity index (χ4v) is 5.23. The Morgan fingerprint density at radius 2 is 1.95 bits per heavy atom. The predicted molar refractivity (Wildman–Crippen MR) is 140 cm³/mol. The molecule has 1 aromatic rings. The lowest BCUT2D eigenvalue weighted by molar-refractivity contribution is -0.201. The first kappa shape index (κ1) is 28.7. The molecule has 0 radical (unpaired) electrons. The van der Waals surface area contributed by atoms with Gasteiger partial charge in [-0.05, 0) is 38.2 Å². The zero-order valence-corrected chi connectivity index (χ0v) is 22.5. The standard InChI is InChI=1S/C27H37N3O9/c1-4-12-38-27(33)30-18-16-21(35-3)20(34-2)15-17(18)25(32)29-11-10-19(36-14-7-8-22(28)31)24(29)26(30)39-23-9-5-6-13-37-23/h4,15-16,19,23-24,26H,1,5-14H2,2-3H3,(H2,28,31)/t19-,23?,24-,26?/m0/s1. The summed E-state index contributed by atoms with van der Waals surface area (Å²) in [6, 6.07) is 2.45. The molecule has 1 aromatic carbocycles. The van der Waals surface area contributed by atoms with E-state index in [2.05, 4.69) is 6.58 Å². The number of amides is 3. The summed E-state index contributed by atoms with van der Waals surface area (Å²) in [5, 5.41) is 0. The van der Waals surface area contributed by atoms with Gasteiger partial charge < -0.3 is 39.1 Å². The Morgan fingerprint density at radius 3 is 2.62 bits per heavy atom. The molecule has 4 rings (SSSR count). The fourth-order valence-electron chi connectivity index (χ4n) is 5.23. The van der Waals surface area contributed by atoms with Crippen LogP contribution in [0.3, 0.4) is 0 Å². The molecule has 3 aliphatic rings. The van der Waals surface area contributed by atoms with Crippen molar-refractivity contribution < 1.29 is 42.8 Å². The minimum Gasteiger partial charge on any atom is -0.493 e. The number of nitrogens with two attached hydrogens (primary N) is 1. The van der Waals surface area contributed by atoms with E-state index in [-0.39, 0.29) is 36.8 Å². The van der Waals surface area contributed by atoms with Crippen LogP contribution in [0, 0.1) is 0 Å². The first-order chi connectivity index (χ1) is 18.9. The summed E-state index contributed by atoms with van der Waals surface area (Å²) in [4.78, 5) is 41.9. The number of hydrogen-bond acceptors (Lipinski definition) is 9. The molecule has 214 valence electrons. The summed E-state index contributed by atoms with van der Waals surface area (Å²) >= 11 is 0. The number of anilines is 1. The molecule has 2 fully saturated rings. The molecule has 39 heavy (non-hydrogen) atoms. The number of benzene rings is 1. The molecule has 2 N–H and O–H groups in total. The van der Waals surface area contributed by atoms with Crippen molar-refractivity contribution >= 4 is 23.6 Å². The quantitative estimate of drug-likeness (QED) is 0.327. The van der Waals surface area contributed by atoms with Crippen molar-refractivity contribution in [1.82, 2.24) is 4.90 Å². The highest BCUT2D eigenvalue weighted by Gasteiger charge is 2.52. The van der Waals surface area contributed by atoms with E-state index in [9.17, 15) is 14.4 Å². The number of rotatable bonds is 11. The third-order valence-electron chi connectivity index (χ3n) is 7.04. The molecule has 2 unspecified atom stereocenters. The summed E-state index contributed by atoms with van der Waals surface area (Å²) in [6.07, 6.45) is 2.24. The van der Waals surface area contributed by atoms with Crippen molar-refractivity contribution in [3.63, 3.8) is 0 Å². The molecule has 0 bridgehead atoms. The zero-order chi connectivity index (χ0) is 27.9. The minimum absolute atomic E-state index is 0.0417. The van der Waals surface area contributed by atoms with Gasteiger partial charge in [-0.3, -0.25) is 9.59 Å². The average molecular weight is 548 g/mol. The van der Waals surface area contributed by atoms with Crippen molar-refractivity contribution in [1.29, 1.82) is 0 Å². The van der Waals surface area contributed by atoms with Crippen LogP contribution in [0.2, 0.25) is 0 Å². The van der Waals surface area contributed by atoms with Gasteiger partial charge in [0, 0.05) is 32.2 Å². The van der Waals surface area contributed by atoms with Gasteiger partial charge in [-0.25, -0.2) is 9.69 Å². The van der Waals surface area contributed by atoms with E-state index in [0.717, 1.165) is 12.8 Å². The Labute approximate surface area is 227 Å². The third kappa shape index (κ3) is 6.29. The van der Waals surface area contributed by atoms with E-state index in [0.29, 0.717) is 43.9 Å². The summed E-state index contributed by atoms with van der Waals surface area (Å²) in [6.45, 7) is 4.75. The van der Waals surface area contributed by atoms with Crippen LogP contribution < -0.4 is 20.1 Å². The van der Waals surface area contributed by atoms with Crippen LogP contribution in [-0.4, -0.2) is 88.1 Å². The number of ether oxygens (including phenoxy) is 6. The van der Waals surface area contributed by atoms with Crippen LogP contribution in [0.15, 0.2) is 24.8 Å². The zero-order valence-electron chi connectivity index (χ0n) is 22.5. The van der Waals surface area contributed by atoms with Gasteiger partial charge in [-0.2, -0.15) is 0 Å². The van der Waals surface area contributed by atoms with Gasteiger partial charge in [0.15, 0.2) is 24.0 Å². The second kappa shape index (κ2) is 13.1. The average Bonchev–Trinajstić information content (AvgIpc) is 3.33. The van der Waals surface area contributed by atoms with E-state index in [4.69, 9.17) is 34.2 Å². The van der Waals surface area contributed by atoms with E-state index in [1.54, 1.807) is 17.0 Å². The summed E-state index contributed by atoms with van der Waals surface area (Å²) in [5.41, 5.74) is 5.77. The maximum Gasteiger partial charge on any atom is 0.416 e. The first-order valence-electron chi connectivity index (χ1n) is 13.2. The number of nitrogens with zero attached hydrogens (tertiary/aromatic N) is 2. The van der Waals surface area contributed by atoms with Gasteiger partial charge in [-0.15, -0.1) is 0 Å². The topological polar surface area (TPSA) is 139 Å². The number of fused-ring (bicyclic) bond motifs is 2. The number of primary amides is 1. The third-order valence-corrected chi connectivity index (χ3v) is 7.04. The number of carbonyl (C=O) groups excluding carboxylic acids is 3. The molecule has 4 atom stereocenters. The molecule has 12 heteroatoms. The smallest absolute Gasteiger partial charge is 0.416 e. The van der Waals surface area contributed by atoms with Gasteiger partial charge in [0.25, 0.3) is 5.91 Å². The largest absolute Gasteiger partial charge is 0.493 e.